The summed E-state index contributed by atoms with van der Waals surface area (Å²) in [6.45, 7) is 8.68. The molecule has 3 heterocycles. The molecule has 0 spiro atoms. The first-order chi connectivity index (χ1) is 18.1. The van der Waals surface area contributed by atoms with Crippen LogP contribution in [0.1, 0.15) is 67.7 Å². The molecule has 2 aromatic heterocycles. The lowest BCUT2D eigenvalue weighted by molar-refractivity contribution is 0.0249. The second-order valence-corrected chi connectivity index (χ2v) is 10.6. The van der Waals surface area contributed by atoms with Crippen molar-refractivity contribution in [3.05, 3.63) is 64.7 Å². The fraction of sp³-hybridized carbons (Fsp3) is 0.429. The number of nitrogens with one attached hydrogen (secondary N) is 3. The fourth-order valence-electron chi connectivity index (χ4n) is 4.78. The first-order valence-electron chi connectivity index (χ1n) is 13.1. The lowest BCUT2D eigenvalue weighted by Crippen LogP contribution is -2.41. The lowest BCUT2D eigenvalue weighted by atomic mass is 9.95. The maximum Gasteiger partial charge on any atom is 0.229 e. The molecule has 9 nitrogen and oxygen atoms in total. The Morgan fingerprint density at radius 2 is 2.00 bits per heavy atom. The van der Waals surface area contributed by atoms with E-state index < -0.39 is 11.4 Å². The summed E-state index contributed by atoms with van der Waals surface area (Å²) in [5.74, 6) is 0.0444. The van der Waals surface area contributed by atoms with Crippen molar-refractivity contribution < 1.29 is 14.3 Å². The van der Waals surface area contributed by atoms with E-state index in [2.05, 4.69) is 38.2 Å². The smallest absolute Gasteiger partial charge is 0.229 e. The molecule has 1 atom stereocenters. The van der Waals surface area contributed by atoms with E-state index in [4.69, 9.17) is 4.98 Å². The van der Waals surface area contributed by atoms with Gasteiger partial charge in [-0.15, -0.1) is 0 Å². The van der Waals surface area contributed by atoms with Crippen molar-refractivity contribution in [2.75, 3.05) is 16.9 Å². The second-order valence-electron chi connectivity index (χ2n) is 10.6. The molecule has 200 valence electrons. The summed E-state index contributed by atoms with van der Waals surface area (Å²) in [5, 5.41) is 19.3. The van der Waals surface area contributed by atoms with E-state index in [-0.39, 0.29) is 34.8 Å². The average Bonchev–Trinajstić information content (AvgIpc) is 3.74. The number of rotatable bonds is 9. The van der Waals surface area contributed by atoms with Crippen LogP contribution < -0.4 is 21.1 Å². The van der Waals surface area contributed by atoms with Crippen molar-refractivity contribution in [3.8, 4) is 0 Å². The molecule has 3 aromatic rings. The minimum atomic E-state index is -1.40. The molecular formula is C28H34FN7O2. The first kappa shape index (κ1) is 26.1. The Morgan fingerprint density at radius 1 is 1.21 bits per heavy atom. The minimum Gasteiger partial charge on any atom is -0.383 e. The molecule has 0 saturated heterocycles. The number of benzene rings is 1. The number of nitrogens with zero attached hydrogens (tertiary/aromatic N) is 4. The molecule has 1 aliphatic heterocycles. The summed E-state index contributed by atoms with van der Waals surface area (Å²) in [6.07, 6.45) is 4.10. The molecular weight excluding hydrogens is 485 g/mol. The molecule has 1 aliphatic carbocycles. The summed E-state index contributed by atoms with van der Waals surface area (Å²) in [4.78, 5) is 26.2. The van der Waals surface area contributed by atoms with Crippen LogP contribution in [0.5, 0.6) is 0 Å². The number of fused-ring (bicyclic) bond motifs is 1. The van der Waals surface area contributed by atoms with Gasteiger partial charge in [-0.1, -0.05) is 6.07 Å². The van der Waals surface area contributed by atoms with Crippen LogP contribution in [0, 0.1) is 11.7 Å². The van der Waals surface area contributed by atoms with Crippen molar-refractivity contribution in [1.82, 2.24) is 25.7 Å². The zero-order chi connectivity index (χ0) is 27.0. The third-order valence-corrected chi connectivity index (χ3v) is 7.01. The molecule has 38 heavy (non-hydrogen) atoms. The van der Waals surface area contributed by atoms with Gasteiger partial charge in [0.1, 0.15) is 22.9 Å². The Labute approximate surface area is 221 Å². The summed E-state index contributed by atoms with van der Waals surface area (Å²) >= 11 is 0. The van der Waals surface area contributed by atoms with Crippen LogP contribution in [0.25, 0.3) is 0 Å². The van der Waals surface area contributed by atoms with E-state index in [0.29, 0.717) is 11.8 Å². The van der Waals surface area contributed by atoms with Crippen LogP contribution in [0.3, 0.4) is 0 Å². The van der Waals surface area contributed by atoms with Gasteiger partial charge >= 0.3 is 0 Å². The number of carbonyl (C=O) groups is 1. The number of ketones is 1. The predicted octanol–water partition coefficient (Wildman–Crippen LogP) is 4.27. The minimum absolute atomic E-state index is 0.0208. The van der Waals surface area contributed by atoms with Gasteiger partial charge in [0.2, 0.25) is 5.95 Å². The molecule has 10 heteroatoms. The molecule has 1 fully saturated rings. The molecule has 0 bridgehead atoms. The van der Waals surface area contributed by atoms with Crippen LogP contribution in [-0.4, -0.2) is 38.4 Å². The highest BCUT2D eigenvalue weighted by atomic mass is 19.1. The van der Waals surface area contributed by atoms with Crippen molar-refractivity contribution in [2.45, 2.75) is 65.1 Å². The summed E-state index contributed by atoms with van der Waals surface area (Å²) in [5.41, 5.74) is 5.50. The van der Waals surface area contributed by atoms with Gasteiger partial charge in [0, 0.05) is 24.5 Å². The molecule has 0 amide bonds. The number of aliphatic hydroxyl groups is 1. The van der Waals surface area contributed by atoms with Gasteiger partial charge in [0.15, 0.2) is 11.6 Å². The molecule has 4 N–H and O–H groups in total. The number of pyridine rings is 1. The number of aromatic nitrogens is 3. The first-order valence-corrected chi connectivity index (χ1v) is 13.1. The van der Waals surface area contributed by atoms with Crippen molar-refractivity contribution in [3.63, 3.8) is 0 Å². The SMILES string of the molecule is CC(=O)c1cnc(Nc2ccc3c(c2)CNCC3)nc1N(NC(C)C)c1ccc(F)c(C(C)(O)C2CC2)n1. The zero-order valence-electron chi connectivity index (χ0n) is 22.2. The second kappa shape index (κ2) is 10.4. The summed E-state index contributed by atoms with van der Waals surface area (Å²) in [6, 6.07) is 8.89. The number of hydrazine groups is 1. The van der Waals surface area contributed by atoms with Crippen LogP contribution in [0.4, 0.5) is 27.7 Å². The molecule has 1 saturated carbocycles. The third-order valence-electron chi connectivity index (χ3n) is 7.01. The molecule has 0 radical (unpaired) electrons. The normalized spacial score (nSPS) is 16.6. The maximum atomic E-state index is 14.9. The van der Waals surface area contributed by atoms with Crippen LogP contribution in [0.15, 0.2) is 36.5 Å². The van der Waals surface area contributed by atoms with E-state index in [0.717, 1.165) is 38.0 Å². The van der Waals surface area contributed by atoms with Gasteiger partial charge in [-0.2, -0.15) is 4.98 Å². The molecule has 1 unspecified atom stereocenters. The summed E-state index contributed by atoms with van der Waals surface area (Å²) in [7, 11) is 0. The highest BCUT2D eigenvalue weighted by molar-refractivity contribution is 5.99. The zero-order valence-corrected chi connectivity index (χ0v) is 22.2. The Kier molecular flexibility index (Phi) is 7.13. The quantitative estimate of drug-likeness (QED) is 0.243. The molecule has 5 rings (SSSR count). The number of Topliss-reactive ketones (excluding diaryl/α,β-unsaturated/α-hetero) is 1. The van der Waals surface area contributed by atoms with Crippen molar-refractivity contribution in [2.24, 2.45) is 5.92 Å². The van der Waals surface area contributed by atoms with E-state index in [1.54, 1.807) is 11.9 Å². The van der Waals surface area contributed by atoms with Gasteiger partial charge in [-0.05, 0) is 94.8 Å². The monoisotopic (exact) mass is 519 g/mol. The largest absolute Gasteiger partial charge is 0.383 e. The highest BCUT2D eigenvalue weighted by Crippen LogP contribution is 2.46. The van der Waals surface area contributed by atoms with Gasteiger partial charge < -0.3 is 15.7 Å². The lowest BCUT2D eigenvalue weighted by Gasteiger charge is -2.29. The van der Waals surface area contributed by atoms with Crippen LogP contribution >= 0.6 is 0 Å². The fourth-order valence-corrected chi connectivity index (χ4v) is 4.78. The van der Waals surface area contributed by atoms with E-state index in [1.165, 1.54) is 36.4 Å². The Morgan fingerprint density at radius 3 is 2.71 bits per heavy atom. The van der Waals surface area contributed by atoms with E-state index >= 15 is 0 Å². The molecule has 1 aromatic carbocycles. The Hall–Kier alpha value is -3.47. The summed E-state index contributed by atoms with van der Waals surface area (Å²) < 4.78 is 14.9. The van der Waals surface area contributed by atoms with Crippen molar-refractivity contribution in [1.29, 1.82) is 0 Å². The number of hydrogen-bond acceptors (Lipinski definition) is 9. The average molecular weight is 520 g/mol. The molecule has 2 aliphatic rings. The van der Waals surface area contributed by atoms with Gasteiger partial charge in [-0.25, -0.2) is 24.8 Å². The highest BCUT2D eigenvalue weighted by Gasteiger charge is 2.44. The topological polar surface area (TPSA) is 115 Å². The van der Waals surface area contributed by atoms with Gasteiger partial charge in [0.05, 0.1) is 5.56 Å². The maximum absolute atomic E-state index is 14.9. The Balaban J connectivity index is 1.55. The van der Waals surface area contributed by atoms with Gasteiger partial charge in [0.25, 0.3) is 0 Å². The van der Waals surface area contributed by atoms with Gasteiger partial charge in [-0.3, -0.25) is 4.79 Å². The predicted molar refractivity (Wildman–Crippen MR) is 144 cm³/mol. The number of carbonyl (C=O) groups excluding carboxylic acids is 1. The number of hydrogen-bond donors (Lipinski definition) is 4. The van der Waals surface area contributed by atoms with E-state index in [1.807, 2.05) is 19.9 Å². The number of anilines is 4. The van der Waals surface area contributed by atoms with Crippen LogP contribution in [0.2, 0.25) is 0 Å². The third kappa shape index (κ3) is 5.38. The number of halogens is 1. The van der Waals surface area contributed by atoms with Crippen LogP contribution in [-0.2, 0) is 18.6 Å². The van der Waals surface area contributed by atoms with Crippen molar-refractivity contribution >= 4 is 29.1 Å². The standard InChI is InChI=1S/C28H34FN7O2/c1-16(2)35-36(24-10-9-23(29)25(33-24)28(4,38)20-6-7-20)26-22(17(3)37)15-31-27(34-26)32-21-8-5-18-11-12-30-14-19(18)13-21/h5,8-10,13,15-16,20,30,35,38H,6-7,11-12,14H2,1-4H3,(H,31,32,34). The Bertz CT molecular complexity index is 1360. The van der Waals surface area contributed by atoms with E-state index in [9.17, 15) is 14.3 Å².